The Morgan fingerprint density at radius 3 is 2.78 bits per heavy atom. The molecule has 3 saturated heterocycles. The summed E-state index contributed by atoms with van der Waals surface area (Å²) in [7, 11) is 0. The number of hydrogen-bond acceptors (Lipinski definition) is 5. The van der Waals surface area contributed by atoms with E-state index in [2.05, 4.69) is 5.32 Å². The number of rotatable bonds is 5. The molecule has 0 aromatic carbocycles. The number of carboxylic acid groups (broad SMARTS) is 1. The lowest BCUT2D eigenvalue weighted by atomic mass is 9.55. The highest BCUT2D eigenvalue weighted by molar-refractivity contribution is 7.99. The Hall–Kier alpha value is -1.28. The zero-order valence-corrected chi connectivity index (χ0v) is 14.0. The average Bonchev–Trinajstić information content (AvgIpc) is 3.01. The van der Waals surface area contributed by atoms with E-state index in [9.17, 15) is 19.5 Å². The summed E-state index contributed by atoms with van der Waals surface area (Å²) < 4.78 is 5.75. The minimum Gasteiger partial charge on any atom is -0.481 e. The molecule has 3 heterocycles. The second-order valence-electron chi connectivity index (χ2n) is 6.67. The zero-order chi connectivity index (χ0) is 16.7. The molecule has 2 amide bonds. The number of fused-ring (bicyclic) bond motifs is 2. The van der Waals surface area contributed by atoms with Crippen LogP contribution < -0.4 is 5.32 Å². The van der Waals surface area contributed by atoms with Crippen LogP contribution in [0.5, 0.6) is 0 Å². The maximum absolute atomic E-state index is 12.4. The molecule has 0 aromatic rings. The molecule has 2 bridgehead atoms. The van der Waals surface area contributed by atoms with Crippen LogP contribution in [0, 0.1) is 5.41 Å². The molecule has 0 unspecified atom stereocenters. The second-order valence-corrected chi connectivity index (χ2v) is 7.67. The maximum atomic E-state index is 12.4. The molecule has 3 aliphatic heterocycles. The quantitative estimate of drug-likeness (QED) is 0.753. The number of nitrogens with zero attached hydrogens (tertiary/aromatic N) is 1. The lowest BCUT2D eigenvalue weighted by Gasteiger charge is -2.57. The molecule has 0 aromatic heterocycles. The Morgan fingerprint density at radius 1 is 1.39 bits per heavy atom. The molecule has 1 aliphatic carbocycles. The van der Waals surface area contributed by atoms with E-state index in [1.54, 1.807) is 23.6 Å². The molecule has 128 valence electrons. The third-order valence-electron chi connectivity index (χ3n) is 5.16. The first-order valence-electron chi connectivity index (χ1n) is 7.94. The van der Waals surface area contributed by atoms with Gasteiger partial charge in [0.15, 0.2) is 0 Å². The number of hydrogen-bond donors (Lipinski definition) is 2. The minimum absolute atomic E-state index is 0.0178. The van der Waals surface area contributed by atoms with Crippen molar-refractivity contribution in [3.63, 3.8) is 0 Å². The molecular weight excluding hydrogens is 320 g/mol. The van der Waals surface area contributed by atoms with E-state index in [0.29, 0.717) is 50.5 Å². The third-order valence-corrected chi connectivity index (χ3v) is 6.17. The molecule has 2 N–H and O–H groups in total. The summed E-state index contributed by atoms with van der Waals surface area (Å²) in [6, 6.07) is -0.434. The van der Waals surface area contributed by atoms with E-state index in [-0.39, 0.29) is 11.8 Å². The number of nitrogens with one attached hydrogen (secondary N) is 1. The predicted octanol–water partition coefficient (Wildman–Crippen LogP) is 0.438. The number of ether oxygens (including phenoxy) is 1. The summed E-state index contributed by atoms with van der Waals surface area (Å²) in [5.74, 6) is 0.192. The SMILES string of the molecule is CCC(=O)N1CSC[C@H]1C(=O)NCC12CC(C(=O)O)(CCO1)C2. The van der Waals surface area contributed by atoms with Crippen molar-refractivity contribution < 1.29 is 24.2 Å². The van der Waals surface area contributed by atoms with Gasteiger partial charge in [0.1, 0.15) is 6.04 Å². The Bertz CT molecular complexity index is 532. The van der Waals surface area contributed by atoms with Gasteiger partial charge in [-0.3, -0.25) is 14.4 Å². The van der Waals surface area contributed by atoms with Crippen LogP contribution >= 0.6 is 11.8 Å². The fourth-order valence-corrected chi connectivity index (χ4v) is 5.01. The van der Waals surface area contributed by atoms with Crippen molar-refractivity contribution in [2.75, 3.05) is 24.8 Å². The number of carbonyl (C=O) groups excluding carboxylic acids is 2. The van der Waals surface area contributed by atoms with Crippen molar-refractivity contribution in [2.24, 2.45) is 5.41 Å². The number of thioether (sulfide) groups is 1. The van der Waals surface area contributed by atoms with Gasteiger partial charge in [-0.25, -0.2) is 0 Å². The molecule has 1 atom stereocenters. The first-order valence-corrected chi connectivity index (χ1v) is 9.09. The van der Waals surface area contributed by atoms with Crippen LogP contribution in [0.2, 0.25) is 0 Å². The lowest BCUT2D eigenvalue weighted by molar-refractivity contribution is -0.230. The summed E-state index contributed by atoms with van der Waals surface area (Å²) in [6.07, 6.45) is 1.83. The highest BCUT2D eigenvalue weighted by atomic mass is 32.2. The zero-order valence-electron chi connectivity index (χ0n) is 13.2. The normalized spacial score (nSPS) is 35.5. The maximum Gasteiger partial charge on any atom is 0.309 e. The van der Waals surface area contributed by atoms with Gasteiger partial charge in [-0.05, 0) is 19.3 Å². The van der Waals surface area contributed by atoms with E-state index < -0.39 is 23.0 Å². The van der Waals surface area contributed by atoms with Gasteiger partial charge >= 0.3 is 5.97 Å². The van der Waals surface area contributed by atoms with Gasteiger partial charge in [-0.15, -0.1) is 11.8 Å². The van der Waals surface area contributed by atoms with E-state index in [0.717, 1.165) is 0 Å². The standard InChI is InChI=1S/C15H22N2O5S/c1-2-11(18)17-9-23-5-10(17)12(19)16-8-15-6-14(7-15,13(20)21)3-4-22-15/h10H,2-9H2,1H3,(H,16,19)(H,20,21)/t10-,14?,15?/m0/s1. The first kappa shape index (κ1) is 16.6. The number of aliphatic carboxylic acids is 1. The van der Waals surface area contributed by atoms with Crippen LogP contribution in [0.3, 0.4) is 0 Å². The summed E-state index contributed by atoms with van der Waals surface area (Å²) >= 11 is 1.57. The van der Waals surface area contributed by atoms with Crippen molar-refractivity contribution in [3.05, 3.63) is 0 Å². The van der Waals surface area contributed by atoms with Gasteiger partial charge in [0, 0.05) is 25.3 Å². The van der Waals surface area contributed by atoms with Crippen molar-refractivity contribution in [1.29, 1.82) is 0 Å². The second kappa shape index (κ2) is 5.98. The van der Waals surface area contributed by atoms with E-state index in [4.69, 9.17) is 4.74 Å². The van der Waals surface area contributed by atoms with Crippen molar-refractivity contribution in [3.8, 4) is 0 Å². The Morgan fingerprint density at radius 2 is 2.13 bits per heavy atom. The van der Waals surface area contributed by atoms with Crippen molar-refractivity contribution in [1.82, 2.24) is 10.2 Å². The number of carboxylic acids is 1. The molecule has 7 nitrogen and oxygen atoms in total. The summed E-state index contributed by atoms with van der Waals surface area (Å²) in [5, 5.41) is 12.2. The topological polar surface area (TPSA) is 95.9 Å². The van der Waals surface area contributed by atoms with Gasteiger partial charge in [0.25, 0.3) is 0 Å². The molecule has 4 fully saturated rings. The molecule has 8 heteroatoms. The van der Waals surface area contributed by atoms with Gasteiger partial charge in [0.05, 0.1) is 16.9 Å². The smallest absolute Gasteiger partial charge is 0.309 e. The summed E-state index contributed by atoms with van der Waals surface area (Å²) in [4.78, 5) is 37.2. The largest absolute Gasteiger partial charge is 0.481 e. The van der Waals surface area contributed by atoms with Crippen LogP contribution in [-0.2, 0) is 19.1 Å². The van der Waals surface area contributed by atoms with E-state index in [1.807, 2.05) is 0 Å². The van der Waals surface area contributed by atoms with Crippen LogP contribution in [-0.4, -0.2) is 64.2 Å². The van der Waals surface area contributed by atoms with Gasteiger partial charge in [-0.2, -0.15) is 0 Å². The van der Waals surface area contributed by atoms with Gasteiger partial charge in [0.2, 0.25) is 11.8 Å². The minimum atomic E-state index is -0.769. The summed E-state index contributed by atoms with van der Waals surface area (Å²) in [5.41, 5.74) is -1.21. The monoisotopic (exact) mass is 342 g/mol. The number of carbonyl (C=O) groups is 3. The van der Waals surface area contributed by atoms with Crippen LogP contribution in [0.1, 0.15) is 32.6 Å². The number of amides is 2. The van der Waals surface area contributed by atoms with E-state index >= 15 is 0 Å². The Kier molecular flexibility index (Phi) is 4.31. The highest BCUT2D eigenvalue weighted by Gasteiger charge is 2.62. The fraction of sp³-hybridized carbons (Fsp3) is 0.800. The Balaban J connectivity index is 1.56. The molecule has 23 heavy (non-hydrogen) atoms. The van der Waals surface area contributed by atoms with E-state index in [1.165, 1.54) is 0 Å². The Labute approximate surface area is 139 Å². The molecule has 0 radical (unpaired) electrons. The van der Waals surface area contributed by atoms with Gasteiger partial charge in [-0.1, -0.05) is 6.92 Å². The molecule has 4 aliphatic rings. The van der Waals surface area contributed by atoms with Gasteiger partial charge < -0.3 is 20.1 Å². The van der Waals surface area contributed by atoms with Crippen LogP contribution in [0.25, 0.3) is 0 Å². The molecule has 4 rings (SSSR count). The lowest BCUT2D eigenvalue weighted by Crippen LogP contribution is -2.66. The molecular formula is C15H22N2O5S. The predicted molar refractivity (Wildman–Crippen MR) is 83.9 cm³/mol. The molecule has 1 saturated carbocycles. The first-order chi connectivity index (χ1) is 10.9. The van der Waals surface area contributed by atoms with Crippen molar-refractivity contribution >= 4 is 29.5 Å². The van der Waals surface area contributed by atoms with Crippen LogP contribution in [0.4, 0.5) is 0 Å². The van der Waals surface area contributed by atoms with Crippen LogP contribution in [0.15, 0.2) is 0 Å². The summed E-state index contributed by atoms with van der Waals surface area (Å²) in [6.45, 7) is 2.52. The average molecular weight is 342 g/mol. The third kappa shape index (κ3) is 2.82. The fourth-order valence-electron chi connectivity index (χ4n) is 3.83. The van der Waals surface area contributed by atoms with Crippen molar-refractivity contribution in [2.45, 2.75) is 44.2 Å². The highest BCUT2D eigenvalue weighted by Crippen LogP contribution is 2.56. The molecule has 0 spiro atoms.